The van der Waals surface area contributed by atoms with Gasteiger partial charge in [0, 0.05) is 44.0 Å². The molecule has 0 aliphatic heterocycles. The molecule has 3 aromatic rings. The third-order valence-corrected chi connectivity index (χ3v) is 4.29. The maximum absolute atomic E-state index is 5.78. The van der Waals surface area contributed by atoms with Crippen LogP contribution in [0.3, 0.4) is 0 Å². The third kappa shape index (κ3) is 5.75. The van der Waals surface area contributed by atoms with Crippen LogP contribution in [0.5, 0.6) is 17.4 Å². The molecular formula is C22H24N6O3. The van der Waals surface area contributed by atoms with Crippen molar-refractivity contribution in [3.63, 3.8) is 0 Å². The molecule has 0 spiro atoms. The van der Waals surface area contributed by atoms with Gasteiger partial charge in [-0.05, 0) is 29.8 Å². The molecule has 0 saturated carbocycles. The van der Waals surface area contributed by atoms with E-state index in [-0.39, 0.29) is 6.61 Å². The van der Waals surface area contributed by atoms with Crippen LogP contribution in [0.15, 0.2) is 54.0 Å². The zero-order chi connectivity index (χ0) is 22.1. The first-order chi connectivity index (χ1) is 15.2. The van der Waals surface area contributed by atoms with Crippen LogP contribution in [-0.4, -0.2) is 47.4 Å². The van der Waals surface area contributed by atoms with E-state index in [1.165, 1.54) is 6.20 Å². The molecule has 3 aromatic heterocycles. The number of pyridine rings is 2. The summed E-state index contributed by atoms with van der Waals surface area (Å²) in [5.74, 6) is 2.12. The molecule has 0 radical (unpaired) electrons. The zero-order valence-corrected chi connectivity index (χ0v) is 17.6. The van der Waals surface area contributed by atoms with E-state index < -0.39 is 0 Å². The Morgan fingerprint density at radius 2 is 1.94 bits per heavy atom. The van der Waals surface area contributed by atoms with Crippen molar-refractivity contribution in [1.82, 2.24) is 19.9 Å². The molecule has 0 fully saturated rings. The lowest BCUT2D eigenvalue weighted by atomic mass is 10.1. The van der Waals surface area contributed by atoms with Crippen LogP contribution in [0.4, 0.5) is 0 Å². The zero-order valence-electron chi connectivity index (χ0n) is 17.6. The molecule has 160 valence electrons. The van der Waals surface area contributed by atoms with Crippen LogP contribution < -0.4 is 19.9 Å². The van der Waals surface area contributed by atoms with Crippen molar-refractivity contribution in [2.24, 2.45) is 10.7 Å². The smallest absolute Gasteiger partial charge is 0.257 e. The van der Waals surface area contributed by atoms with E-state index in [0.717, 1.165) is 17.0 Å². The number of ether oxygens (including phenoxy) is 3. The van der Waals surface area contributed by atoms with Crippen LogP contribution in [0.2, 0.25) is 0 Å². The van der Waals surface area contributed by atoms with Crippen LogP contribution in [0, 0.1) is 0 Å². The monoisotopic (exact) mass is 420 g/mol. The second-order valence-electron chi connectivity index (χ2n) is 6.39. The van der Waals surface area contributed by atoms with Crippen molar-refractivity contribution in [3.05, 3.63) is 71.8 Å². The molecule has 0 aliphatic rings. The van der Waals surface area contributed by atoms with Gasteiger partial charge >= 0.3 is 0 Å². The number of nitrogens with two attached hydrogens (primary N) is 1. The molecule has 0 unspecified atom stereocenters. The van der Waals surface area contributed by atoms with Gasteiger partial charge in [-0.25, -0.2) is 15.0 Å². The molecule has 0 amide bonds. The SMILES string of the molecule is CN=C/C(=C\N)c1nccc(Cc2cnc(OCc3ccc(OC)cn3)c(OC)c2)n1. The molecule has 9 heteroatoms. The Bertz CT molecular complexity index is 1070. The molecule has 0 aromatic carbocycles. The summed E-state index contributed by atoms with van der Waals surface area (Å²) in [5, 5.41) is 0. The van der Waals surface area contributed by atoms with Crippen LogP contribution in [-0.2, 0) is 13.0 Å². The number of hydrogen-bond acceptors (Lipinski definition) is 9. The summed E-state index contributed by atoms with van der Waals surface area (Å²) in [4.78, 5) is 21.5. The number of allylic oxidation sites excluding steroid dienone is 1. The van der Waals surface area contributed by atoms with Gasteiger partial charge in [-0.1, -0.05) is 0 Å². The van der Waals surface area contributed by atoms with Gasteiger partial charge in [0.05, 0.1) is 31.7 Å². The van der Waals surface area contributed by atoms with Gasteiger partial charge < -0.3 is 19.9 Å². The van der Waals surface area contributed by atoms with Crippen molar-refractivity contribution in [2.45, 2.75) is 13.0 Å². The molecular weight excluding hydrogens is 396 g/mol. The van der Waals surface area contributed by atoms with Crippen molar-refractivity contribution < 1.29 is 14.2 Å². The number of aliphatic imine (C=N–C) groups is 1. The lowest BCUT2D eigenvalue weighted by molar-refractivity contribution is 0.268. The van der Waals surface area contributed by atoms with Crippen molar-refractivity contribution in [3.8, 4) is 17.4 Å². The van der Waals surface area contributed by atoms with Crippen molar-refractivity contribution in [2.75, 3.05) is 21.3 Å². The fraction of sp³-hybridized carbons (Fsp3) is 0.227. The summed E-state index contributed by atoms with van der Waals surface area (Å²) in [7, 11) is 4.84. The minimum Gasteiger partial charge on any atom is -0.495 e. The van der Waals surface area contributed by atoms with E-state index in [1.54, 1.807) is 46.1 Å². The van der Waals surface area contributed by atoms with Gasteiger partial charge in [0.1, 0.15) is 12.4 Å². The third-order valence-electron chi connectivity index (χ3n) is 4.29. The predicted octanol–water partition coefficient (Wildman–Crippen LogP) is 2.45. The number of rotatable bonds is 9. The highest BCUT2D eigenvalue weighted by Crippen LogP contribution is 2.27. The van der Waals surface area contributed by atoms with Gasteiger partial charge in [-0.3, -0.25) is 9.98 Å². The highest BCUT2D eigenvalue weighted by atomic mass is 16.5. The second kappa shape index (κ2) is 10.7. The minimum atomic E-state index is 0.259. The summed E-state index contributed by atoms with van der Waals surface area (Å²) >= 11 is 0. The average Bonchev–Trinajstić information content (AvgIpc) is 2.82. The minimum absolute atomic E-state index is 0.259. The number of aromatic nitrogens is 4. The Hall–Kier alpha value is -4.01. The Kier molecular flexibility index (Phi) is 7.47. The fourth-order valence-electron chi connectivity index (χ4n) is 2.74. The summed E-state index contributed by atoms with van der Waals surface area (Å²) < 4.78 is 16.3. The highest BCUT2D eigenvalue weighted by Gasteiger charge is 2.11. The maximum atomic E-state index is 5.78. The van der Waals surface area contributed by atoms with Crippen molar-refractivity contribution in [1.29, 1.82) is 0 Å². The first kappa shape index (κ1) is 21.7. The van der Waals surface area contributed by atoms with E-state index in [0.29, 0.717) is 35.2 Å². The van der Waals surface area contributed by atoms with E-state index >= 15 is 0 Å². The lowest BCUT2D eigenvalue weighted by Gasteiger charge is -2.11. The fourth-order valence-corrected chi connectivity index (χ4v) is 2.74. The van der Waals surface area contributed by atoms with Gasteiger partial charge in [0.15, 0.2) is 11.6 Å². The van der Waals surface area contributed by atoms with E-state index in [9.17, 15) is 0 Å². The molecule has 0 atom stereocenters. The molecule has 31 heavy (non-hydrogen) atoms. The Balaban J connectivity index is 1.72. The molecule has 3 rings (SSSR count). The molecule has 3 heterocycles. The topological polar surface area (TPSA) is 118 Å². The molecule has 0 bridgehead atoms. The lowest BCUT2D eigenvalue weighted by Crippen LogP contribution is -2.04. The predicted molar refractivity (Wildman–Crippen MR) is 117 cm³/mol. The van der Waals surface area contributed by atoms with Gasteiger partial charge in [0.25, 0.3) is 5.88 Å². The van der Waals surface area contributed by atoms with Crippen LogP contribution >= 0.6 is 0 Å². The van der Waals surface area contributed by atoms with Crippen molar-refractivity contribution >= 4 is 11.8 Å². The standard InChI is InChI=1S/C22H24N6O3/c1-24-12-16(10-23)21-25-7-6-17(28-21)8-15-9-20(30-3)22(27-11-15)31-14-18-4-5-19(29-2)13-26-18/h4-7,9-13H,8,14,23H2,1-3H3/b16-10+,24-12?. The quantitative estimate of drug-likeness (QED) is 0.525. The van der Waals surface area contributed by atoms with E-state index in [1.807, 2.05) is 24.3 Å². The summed E-state index contributed by atoms with van der Waals surface area (Å²) in [6, 6.07) is 7.37. The van der Waals surface area contributed by atoms with E-state index in [4.69, 9.17) is 19.9 Å². The maximum Gasteiger partial charge on any atom is 0.257 e. The summed E-state index contributed by atoms with van der Waals surface area (Å²) in [6.45, 7) is 0.259. The molecule has 0 aliphatic carbocycles. The highest BCUT2D eigenvalue weighted by molar-refractivity contribution is 6.07. The largest absolute Gasteiger partial charge is 0.495 e. The Labute approximate surface area is 180 Å². The first-order valence-electron chi connectivity index (χ1n) is 9.47. The van der Waals surface area contributed by atoms with Gasteiger partial charge in [-0.2, -0.15) is 0 Å². The molecule has 2 N–H and O–H groups in total. The van der Waals surface area contributed by atoms with Gasteiger partial charge in [0.2, 0.25) is 0 Å². The number of methoxy groups -OCH3 is 2. The van der Waals surface area contributed by atoms with E-state index in [2.05, 4.69) is 24.9 Å². The average molecular weight is 420 g/mol. The number of nitrogens with zero attached hydrogens (tertiary/aromatic N) is 5. The molecule has 9 nitrogen and oxygen atoms in total. The van der Waals surface area contributed by atoms with Gasteiger partial charge in [-0.15, -0.1) is 0 Å². The second-order valence-corrected chi connectivity index (χ2v) is 6.39. The van der Waals surface area contributed by atoms with Crippen LogP contribution in [0.25, 0.3) is 5.57 Å². The Morgan fingerprint density at radius 1 is 1.06 bits per heavy atom. The van der Waals surface area contributed by atoms with Crippen LogP contribution in [0.1, 0.15) is 22.8 Å². The molecule has 0 saturated heterocycles. The summed E-state index contributed by atoms with van der Waals surface area (Å²) in [6.07, 6.45) is 8.65. The number of hydrogen-bond donors (Lipinski definition) is 1. The normalized spacial score (nSPS) is 11.5. The first-order valence-corrected chi connectivity index (χ1v) is 9.47. The Morgan fingerprint density at radius 3 is 2.61 bits per heavy atom. The summed E-state index contributed by atoms with van der Waals surface area (Å²) in [5.41, 5.74) is 8.78.